The van der Waals surface area contributed by atoms with E-state index < -0.39 is 0 Å². The average Bonchev–Trinajstić information content (AvgIpc) is 3.12. The van der Waals surface area contributed by atoms with E-state index in [0.717, 1.165) is 25.5 Å². The predicted octanol–water partition coefficient (Wildman–Crippen LogP) is 1.06. The first-order valence-corrected chi connectivity index (χ1v) is 8.72. The Morgan fingerprint density at radius 1 is 1.46 bits per heavy atom. The molecule has 2 unspecified atom stereocenters. The lowest BCUT2D eigenvalue weighted by Gasteiger charge is -2.39. The lowest BCUT2D eigenvalue weighted by atomic mass is 9.93. The Balaban J connectivity index is 0.00000338. The number of likely N-dealkylation sites (N-methyl/N-ethyl adjacent to an activating group) is 1. The maximum absolute atomic E-state index is 11.9. The Kier molecular flexibility index (Phi) is 9.92. The number of nitrogens with zero attached hydrogens (tertiary/aromatic N) is 5. The van der Waals surface area contributed by atoms with E-state index in [1.54, 1.807) is 26.1 Å². The molecule has 1 N–H and O–H groups in total. The molecule has 1 amide bonds. The number of methoxy groups -OCH3 is 1. The fraction of sp³-hybridized carbons (Fsp3) is 0.706. The Bertz CT molecular complexity index is 564. The quantitative estimate of drug-likeness (QED) is 0.287. The SMILES string of the molecule is COCCNC(=NCC(=O)N(C)C)N1CCC(C)C(n2ccnc2)C1.I. The number of guanidine groups is 1. The number of hydrogen-bond acceptors (Lipinski definition) is 4. The van der Waals surface area contributed by atoms with Gasteiger partial charge in [-0.1, -0.05) is 6.92 Å². The highest BCUT2D eigenvalue weighted by molar-refractivity contribution is 14.0. The van der Waals surface area contributed by atoms with E-state index >= 15 is 0 Å². The summed E-state index contributed by atoms with van der Waals surface area (Å²) in [6.07, 6.45) is 6.76. The number of carbonyl (C=O) groups excluding carboxylic acids is 1. The molecule has 1 saturated heterocycles. The highest BCUT2D eigenvalue weighted by Gasteiger charge is 2.29. The highest BCUT2D eigenvalue weighted by atomic mass is 127. The number of likely N-dealkylation sites (tertiary alicyclic amines) is 1. The first-order valence-electron chi connectivity index (χ1n) is 8.72. The van der Waals surface area contributed by atoms with Crippen molar-refractivity contribution in [3.8, 4) is 0 Å². The molecule has 1 aromatic heterocycles. The van der Waals surface area contributed by atoms with Gasteiger partial charge in [0.05, 0.1) is 19.0 Å². The monoisotopic (exact) mass is 478 g/mol. The first kappa shape index (κ1) is 22.7. The molecule has 148 valence electrons. The van der Waals surface area contributed by atoms with Crippen molar-refractivity contribution >= 4 is 35.8 Å². The van der Waals surface area contributed by atoms with Gasteiger partial charge in [0.15, 0.2) is 5.96 Å². The van der Waals surface area contributed by atoms with Crippen molar-refractivity contribution < 1.29 is 9.53 Å². The standard InChI is InChI=1S/C17H30N6O2.HI/c1-14-5-8-22(12-15(14)23-9-6-18-13-23)17(19-7-10-25-4)20-11-16(24)21(2)3;/h6,9,13-15H,5,7-8,10-12H2,1-4H3,(H,19,20);1H. The third-order valence-corrected chi connectivity index (χ3v) is 4.58. The van der Waals surface area contributed by atoms with Crippen LogP contribution in [0.5, 0.6) is 0 Å². The van der Waals surface area contributed by atoms with Gasteiger partial charge in [-0.05, 0) is 12.3 Å². The summed E-state index contributed by atoms with van der Waals surface area (Å²) in [5.74, 6) is 1.32. The molecule has 2 rings (SSSR count). The van der Waals surface area contributed by atoms with Gasteiger partial charge in [-0.3, -0.25) is 4.79 Å². The van der Waals surface area contributed by atoms with Crippen LogP contribution in [0.3, 0.4) is 0 Å². The zero-order chi connectivity index (χ0) is 18.2. The van der Waals surface area contributed by atoms with Gasteiger partial charge in [-0.15, -0.1) is 24.0 Å². The van der Waals surface area contributed by atoms with Crippen LogP contribution in [0.25, 0.3) is 0 Å². The number of piperidine rings is 1. The summed E-state index contributed by atoms with van der Waals surface area (Å²) in [5.41, 5.74) is 0. The Morgan fingerprint density at radius 3 is 2.85 bits per heavy atom. The summed E-state index contributed by atoms with van der Waals surface area (Å²) in [4.78, 5) is 24.4. The van der Waals surface area contributed by atoms with Crippen LogP contribution in [-0.4, -0.2) is 85.2 Å². The largest absolute Gasteiger partial charge is 0.383 e. The van der Waals surface area contributed by atoms with Crippen LogP contribution in [0.15, 0.2) is 23.7 Å². The van der Waals surface area contributed by atoms with Gasteiger partial charge in [0.1, 0.15) is 6.54 Å². The maximum atomic E-state index is 11.9. The number of halogens is 1. The minimum atomic E-state index is -0.0115. The predicted molar refractivity (Wildman–Crippen MR) is 113 cm³/mol. The van der Waals surface area contributed by atoms with E-state index in [1.165, 1.54) is 0 Å². The second kappa shape index (κ2) is 11.4. The Labute approximate surface area is 173 Å². The van der Waals surface area contributed by atoms with Crippen LogP contribution in [0.1, 0.15) is 19.4 Å². The summed E-state index contributed by atoms with van der Waals surface area (Å²) in [6.45, 7) is 5.42. The van der Waals surface area contributed by atoms with Gasteiger partial charge in [-0.25, -0.2) is 9.98 Å². The van der Waals surface area contributed by atoms with Crippen LogP contribution >= 0.6 is 24.0 Å². The molecule has 1 fully saturated rings. The van der Waals surface area contributed by atoms with E-state index in [9.17, 15) is 4.79 Å². The summed E-state index contributed by atoms with van der Waals surface area (Å²) >= 11 is 0. The van der Waals surface area contributed by atoms with Gasteiger partial charge in [0, 0.05) is 53.2 Å². The molecule has 0 spiro atoms. The molecule has 2 heterocycles. The van der Waals surface area contributed by atoms with Gasteiger partial charge in [0.25, 0.3) is 0 Å². The Morgan fingerprint density at radius 2 is 2.23 bits per heavy atom. The van der Waals surface area contributed by atoms with E-state index in [-0.39, 0.29) is 36.4 Å². The number of imidazole rings is 1. The van der Waals surface area contributed by atoms with Crippen molar-refractivity contribution in [2.75, 3.05) is 54.0 Å². The fourth-order valence-electron chi connectivity index (χ4n) is 2.91. The summed E-state index contributed by atoms with van der Waals surface area (Å²) in [6, 6.07) is 0.343. The van der Waals surface area contributed by atoms with E-state index in [0.29, 0.717) is 25.1 Å². The molecule has 0 aromatic carbocycles. The van der Waals surface area contributed by atoms with Crippen molar-refractivity contribution in [3.63, 3.8) is 0 Å². The maximum Gasteiger partial charge on any atom is 0.243 e. The molecule has 8 nitrogen and oxygen atoms in total. The molecule has 0 saturated carbocycles. The topological polar surface area (TPSA) is 75.0 Å². The fourth-order valence-corrected chi connectivity index (χ4v) is 2.91. The molecule has 0 bridgehead atoms. The van der Waals surface area contributed by atoms with Crippen LogP contribution in [0.4, 0.5) is 0 Å². The normalized spacial score (nSPS) is 20.5. The average molecular weight is 478 g/mol. The summed E-state index contributed by atoms with van der Waals surface area (Å²) < 4.78 is 7.28. The first-order chi connectivity index (χ1) is 12.0. The van der Waals surface area contributed by atoms with Crippen molar-refractivity contribution in [3.05, 3.63) is 18.7 Å². The third kappa shape index (κ3) is 6.42. The number of rotatable bonds is 6. The van der Waals surface area contributed by atoms with Gasteiger partial charge >= 0.3 is 0 Å². The minimum Gasteiger partial charge on any atom is -0.383 e. The molecule has 26 heavy (non-hydrogen) atoms. The zero-order valence-electron chi connectivity index (χ0n) is 16.1. The molecule has 0 radical (unpaired) electrons. The number of aromatic nitrogens is 2. The minimum absolute atomic E-state index is 0. The second-order valence-corrected chi connectivity index (χ2v) is 6.64. The summed E-state index contributed by atoms with van der Waals surface area (Å²) in [7, 11) is 5.16. The van der Waals surface area contributed by atoms with Gasteiger partial charge in [0.2, 0.25) is 5.91 Å². The zero-order valence-corrected chi connectivity index (χ0v) is 18.4. The van der Waals surface area contributed by atoms with E-state index in [1.807, 2.05) is 18.7 Å². The third-order valence-electron chi connectivity index (χ3n) is 4.58. The van der Waals surface area contributed by atoms with Crippen molar-refractivity contribution in [1.82, 2.24) is 24.7 Å². The van der Waals surface area contributed by atoms with Crippen LogP contribution in [0, 0.1) is 5.92 Å². The number of hydrogen-bond donors (Lipinski definition) is 1. The molecule has 1 aliphatic rings. The summed E-state index contributed by atoms with van der Waals surface area (Å²) in [5, 5.41) is 3.32. The molecule has 1 aliphatic heterocycles. The van der Waals surface area contributed by atoms with E-state index in [4.69, 9.17) is 4.74 Å². The smallest absolute Gasteiger partial charge is 0.243 e. The van der Waals surface area contributed by atoms with E-state index in [2.05, 4.69) is 31.7 Å². The van der Waals surface area contributed by atoms with Crippen LogP contribution < -0.4 is 5.32 Å². The van der Waals surface area contributed by atoms with Crippen LogP contribution in [0.2, 0.25) is 0 Å². The molecule has 9 heteroatoms. The lowest BCUT2D eigenvalue weighted by molar-refractivity contribution is -0.127. The van der Waals surface area contributed by atoms with Crippen molar-refractivity contribution in [1.29, 1.82) is 0 Å². The van der Waals surface area contributed by atoms with Gasteiger partial charge < -0.3 is 24.4 Å². The molecular weight excluding hydrogens is 447 g/mol. The van der Waals surface area contributed by atoms with Crippen molar-refractivity contribution in [2.45, 2.75) is 19.4 Å². The molecular formula is C17H31IN6O2. The second-order valence-electron chi connectivity index (χ2n) is 6.64. The highest BCUT2D eigenvalue weighted by Crippen LogP contribution is 2.27. The molecule has 2 atom stereocenters. The van der Waals surface area contributed by atoms with Crippen LogP contribution in [-0.2, 0) is 9.53 Å². The number of ether oxygens (including phenoxy) is 1. The van der Waals surface area contributed by atoms with Crippen molar-refractivity contribution in [2.24, 2.45) is 10.9 Å². The molecule has 0 aliphatic carbocycles. The number of nitrogens with one attached hydrogen (secondary N) is 1. The van der Waals surface area contributed by atoms with Gasteiger partial charge in [-0.2, -0.15) is 0 Å². The number of amides is 1. The number of carbonyl (C=O) groups is 1. The molecule has 1 aromatic rings. The number of aliphatic imine (C=N–C) groups is 1. The lowest BCUT2D eigenvalue weighted by Crippen LogP contribution is -2.49. The Hall–Kier alpha value is -1.36.